The van der Waals surface area contributed by atoms with E-state index in [4.69, 9.17) is 11.6 Å². The summed E-state index contributed by atoms with van der Waals surface area (Å²) in [7, 11) is 0. The standard InChI is InChI=1S/C20H21ClN2O2/c21-18-5-3-4-15(14-18)10-11-22-19(24)16-6-8-17(9-7-16)20(25)23-12-1-2-13-23/h3-9,14H,1-2,10-13H2,(H,22,24). The SMILES string of the molecule is O=C(NCCc1cccc(Cl)c1)c1ccc(C(=O)N2CCCC2)cc1. The summed E-state index contributed by atoms with van der Waals surface area (Å²) in [6, 6.07) is 14.5. The molecule has 1 aliphatic rings. The number of likely N-dealkylation sites (tertiary alicyclic amines) is 1. The second-order valence-corrected chi connectivity index (χ2v) is 6.65. The zero-order chi connectivity index (χ0) is 17.6. The summed E-state index contributed by atoms with van der Waals surface area (Å²) in [5.74, 6) is -0.0902. The molecule has 2 amide bonds. The van der Waals surface area contributed by atoms with Gasteiger partial charge in [0.05, 0.1) is 0 Å². The Morgan fingerprint density at radius 3 is 2.36 bits per heavy atom. The van der Waals surface area contributed by atoms with Crippen molar-refractivity contribution in [1.82, 2.24) is 10.2 Å². The third kappa shape index (κ3) is 4.60. The molecule has 0 atom stereocenters. The molecule has 2 aromatic carbocycles. The fraction of sp³-hybridized carbons (Fsp3) is 0.300. The van der Waals surface area contributed by atoms with Crippen molar-refractivity contribution in [2.45, 2.75) is 19.3 Å². The first-order chi connectivity index (χ1) is 12.1. The third-order valence-corrected chi connectivity index (χ3v) is 4.61. The number of nitrogens with one attached hydrogen (secondary N) is 1. The van der Waals surface area contributed by atoms with Crippen LogP contribution in [-0.2, 0) is 6.42 Å². The zero-order valence-electron chi connectivity index (χ0n) is 14.0. The summed E-state index contributed by atoms with van der Waals surface area (Å²) in [5.41, 5.74) is 2.28. The van der Waals surface area contributed by atoms with Gasteiger partial charge in [-0.05, 0) is 61.2 Å². The summed E-state index contributed by atoms with van der Waals surface area (Å²) in [6.07, 6.45) is 2.86. The maximum Gasteiger partial charge on any atom is 0.253 e. The van der Waals surface area contributed by atoms with Gasteiger partial charge in [0, 0.05) is 35.8 Å². The minimum Gasteiger partial charge on any atom is -0.352 e. The van der Waals surface area contributed by atoms with E-state index in [0.29, 0.717) is 22.7 Å². The van der Waals surface area contributed by atoms with Gasteiger partial charge in [-0.25, -0.2) is 0 Å². The molecule has 0 aromatic heterocycles. The van der Waals surface area contributed by atoms with Crippen molar-refractivity contribution in [3.63, 3.8) is 0 Å². The summed E-state index contributed by atoms with van der Waals surface area (Å²) < 4.78 is 0. The van der Waals surface area contributed by atoms with Crippen LogP contribution in [0.1, 0.15) is 39.1 Å². The number of carbonyl (C=O) groups excluding carboxylic acids is 2. The Kier molecular flexibility index (Phi) is 5.71. The van der Waals surface area contributed by atoms with Crippen molar-refractivity contribution < 1.29 is 9.59 Å². The van der Waals surface area contributed by atoms with Gasteiger partial charge >= 0.3 is 0 Å². The maximum absolute atomic E-state index is 12.3. The molecule has 1 aliphatic heterocycles. The lowest BCUT2D eigenvalue weighted by molar-refractivity contribution is 0.0792. The Morgan fingerprint density at radius 1 is 1.00 bits per heavy atom. The van der Waals surface area contributed by atoms with Gasteiger partial charge in [-0.15, -0.1) is 0 Å². The topological polar surface area (TPSA) is 49.4 Å². The van der Waals surface area contributed by atoms with Crippen LogP contribution in [0.5, 0.6) is 0 Å². The molecule has 2 aromatic rings. The molecular weight excluding hydrogens is 336 g/mol. The van der Waals surface area contributed by atoms with Gasteiger partial charge < -0.3 is 10.2 Å². The van der Waals surface area contributed by atoms with E-state index in [2.05, 4.69) is 5.32 Å². The molecule has 0 aliphatic carbocycles. The minimum absolute atomic E-state index is 0.0467. The molecule has 25 heavy (non-hydrogen) atoms. The van der Waals surface area contributed by atoms with E-state index in [1.165, 1.54) is 0 Å². The molecule has 130 valence electrons. The van der Waals surface area contributed by atoms with Gasteiger partial charge in [0.1, 0.15) is 0 Å². The molecule has 0 bridgehead atoms. The van der Waals surface area contributed by atoms with E-state index in [-0.39, 0.29) is 11.8 Å². The monoisotopic (exact) mass is 356 g/mol. The first-order valence-corrected chi connectivity index (χ1v) is 8.93. The molecule has 1 fully saturated rings. The van der Waals surface area contributed by atoms with Gasteiger partial charge in [-0.1, -0.05) is 23.7 Å². The zero-order valence-corrected chi connectivity index (χ0v) is 14.8. The van der Waals surface area contributed by atoms with Crippen LogP contribution >= 0.6 is 11.6 Å². The van der Waals surface area contributed by atoms with Crippen LogP contribution in [0, 0.1) is 0 Å². The third-order valence-electron chi connectivity index (χ3n) is 4.38. The molecule has 1 heterocycles. The smallest absolute Gasteiger partial charge is 0.253 e. The van der Waals surface area contributed by atoms with Crippen LogP contribution in [0.2, 0.25) is 5.02 Å². The van der Waals surface area contributed by atoms with Gasteiger partial charge in [-0.2, -0.15) is 0 Å². The van der Waals surface area contributed by atoms with Gasteiger partial charge in [-0.3, -0.25) is 9.59 Å². The lowest BCUT2D eigenvalue weighted by Gasteiger charge is -2.15. The Labute approximate surface area is 152 Å². The Balaban J connectivity index is 1.52. The van der Waals surface area contributed by atoms with Gasteiger partial charge in [0.15, 0.2) is 0 Å². The summed E-state index contributed by atoms with van der Waals surface area (Å²) in [5, 5.41) is 3.59. The maximum atomic E-state index is 12.3. The molecule has 1 N–H and O–H groups in total. The van der Waals surface area contributed by atoms with E-state index in [1.54, 1.807) is 24.3 Å². The Bertz CT molecular complexity index is 753. The first-order valence-electron chi connectivity index (χ1n) is 8.55. The van der Waals surface area contributed by atoms with E-state index in [9.17, 15) is 9.59 Å². The van der Waals surface area contributed by atoms with E-state index in [0.717, 1.165) is 37.9 Å². The summed E-state index contributed by atoms with van der Waals surface area (Å²) in [4.78, 5) is 26.4. The Hall–Kier alpha value is -2.33. The lowest BCUT2D eigenvalue weighted by Crippen LogP contribution is -2.28. The average Bonchev–Trinajstić information content (AvgIpc) is 3.16. The van der Waals surface area contributed by atoms with Crippen molar-refractivity contribution in [2.24, 2.45) is 0 Å². The predicted molar refractivity (Wildman–Crippen MR) is 99.1 cm³/mol. The first kappa shape index (κ1) is 17.5. The van der Waals surface area contributed by atoms with Crippen molar-refractivity contribution in [3.8, 4) is 0 Å². The van der Waals surface area contributed by atoms with Crippen molar-refractivity contribution in [1.29, 1.82) is 0 Å². The van der Waals surface area contributed by atoms with Crippen LogP contribution in [0.3, 0.4) is 0 Å². The van der Waals surface area contributed by atoms with E-state index in [1.807, 2.05) is 29.2 Å². The van der Waals surface area contributed by atoms with Crippen LogP contribution in [0.4, 0.5) is 0 Å². The number of amides is 2. The predicted octanol–water partition coefficient (Wildman–Crippen LogP) is 3.55. The van der Waals surface area contributed by atoms with Gasteiger partial charge in [0.2, 0.25) is 0 Å². The number of rotatable bonds is 5. The molecule has 0 spiro atoms. The fourth-order valence-electron chi connectivity index (χ4n) is 2.98. The molecule has 1 saturated heterocycles. The van der Waals surface area contributed by atoms with Crippen LogP contribution in [0.25, 0.3) is 0 Å². The molecule has 3 rings (SSSR count). The van der Waals surface area contributed by atoms with Crippen molar-refractivity contribution in [2.75, 3.05) is 19.6 Å². The largest absolute Gasteiger partial charge is 0.352 e. The number of nitrogens with zero attached hydrogens (tertiary/aromatic N) is 1. The summed E-state index contributed by atoms with van der Waals surface area (Å²) >= 11 is 5.95. The highest BCUT2D eigenvalue weighted by atomic mass is 35.5. The number of benzene rings is 2. The fourth-order valence-corrected chi connectivity index (χ4v) is 3.19. The number of hydrogen-bond acceptors (Lipinski definition) is 2. The lowest BCUT2D eigenvalue weighted by atomic mass is 10.1. The molecule has 5 heteroatoms. The molecule has 0 saturated carbocycles. The highest BCUT2D eigenvalue weighted by Crippen LogP contribution is 2.14. The average molecular weight is 357 g/mol. The summed E-state index contributed by atoms with van der Waals surface area (Å²) in [6.45, 7) is 2.18. The highest BCUT2D eigenvalue weighted by Gasteiger charge is 2.19. The van der Waals surface area contributed by atoms with Gasteiger partial charge in [0.25, 0.3) is 11.8 Å². The number of hydrogen-bond donors (Lipinski definition) is 1. The normalized spacial score (nSPS) is 13.7. The minimum atomic E-state index is -0.137. The molecule has 0 radical (unpaired) electrons. The Morgan fingerprint density at radius 2 is 1.68 bits per heavy atom. The highest BCUT2D eigenvalue weighted by molar-refractivity contribution is 6.30. The van der Waals surface area contributed by atoms with Crippen LogP contribution in [-0.4, -0.2) is 36.3 Å². The van der Waals surface area contributed by atoms with Crippen molar-refractivity contribution in [3.05, 3.63) is 70.2 Å². The van der Waals surface area contributed by atoms with E-state index >= 15 is 0 Å². The molecule has 4 nitrogen and oxygen atoms in total. The second kappa shape index (κ2) is 8.17. The van der Waals surface area contributed by atoms with Crippen LogP contribution in [0.15, 0.2) is 48.5 Å². The second-order valence-electron chi connectivity index (χ2n) is 6.21. The molecule has 0 unspecified atom stereocenters. The molecular formula is C20H21ClN2O2. The van der Waals surface area contributed by atoms with E-state index < -0.39 is 0 Å². The number of carbonyl (C=O) groups is 2. The van der Waals surface area contributed by atoms with Crippen molar-refractivity contribution >= 4 is 23.4 Å². The quantitative estimate of drug-likeness (QED) is 0.890. The van der Waals surface area contributed by atoms with Crippen LogP contribution < -0.4 is 5.32 Å². The number of halogens is 1.